The molecule has 152 valence electrons. The molecule has 0 bridgehead atoms. The van der Waals surface area contributed by atoms with Crippen LogP contribution in [0.5, 0.6) is 0 Å². The number of aliphatic imine (C=N–C) groups is 1. The normalized spacial score (nSPS) is 18.1. The third-order valence-corrected chi connectivity index (χ3v) is 5.07. The van der Waals surface area contributed by atoms with Gasteiger partial charge in [0.1, 0.15) is 17.8 Å². The van der Waals surface area contributed by atoms with Crippen LogP contribution in [0.3, 0.4) is 0 Å². The minimum atomic E-state index is -0.0910. The van der Waals surface area contributed by atoms with Crippen LogP contribution in [0.2, 0.25) is 0 Å². The zero-order chi connectivity index (χ0) is 20.6. The lowest BCUT2D eigenvalue weighted by Gasteiger charge is -2.30. The van der Waals surface area contributed by atoms with E-state index < -0.39 is 0 Å². The van der Waals surface area contributed by atoms with E-state index in [0.717, 1.165) is 43.0 Å². The number of hydrogen-bond donors (Lipinski definition) is 3. The van der Waals surface area contributed by atoms with Crippen LogP contribution in [0.4, 0.5) is 11.5 Å². The summed E-state index contributed by atoms with van der Waals surface area (Å²) in [4.78, 5) is 9.23. The molecule has 0 amide bonds. The fraction of sp³-hybridized carbons (Fsp3) is 0.348. The lowest BCUT2D eigenvalue weighted by atomic mass is 9.86. The molecule has 4 N–H and O–H groups in total. The van der Waals surface area contributed by atoms with Crippen LogP contribution < -0.4 is 11.1 Å². The molecule has 0 fully saturated rings. The summed E-state index contributed by atoms with van der Waals surface area (Å²) in [7, 11) is 0. The second kappa shape index (κ2) is 9.98. The molecule has 1 aliphatic carbocycles. The highest BCUT2D eigenvalue weighted by molar-refractivity contribution is 5.96. The van der Waals surface area contributed by atoms with E-state index in [1.165, 1.54) is 11.1 Å². The zero-order valence-electron chi connectivity index (χ0n) is 17.1. The predicted octanol–water partition coefficient (Wildman–Crippen LogP) is 4.46. The summed E-state index contributed by atoms with van der Waals surface area (Å²) in [5, 5.41) is 11.0. The molecule has 1 aliphatic rings. The van der Waals surface area contributed by atoms with E-state index in [1.54, 1.807) is 6.20 Å². The number of hydrogen-bond acceptors (Lipinski definition) is 5. The van der Waals surface area contributed by atoms with Crippen LogP contribution in [0.1, 0.15) is 38.7 Å². The molecule has 6 nitrogen and oxygen atoms in total. The molecular formula is C23H29N5O. The molecular weight excluding hydrogens is 362 g/mol. The van der Waals surface area contributed by atoms with Gasteiger partial charge in [-0.05, 0) is 73.7 Å². The Kier molecular flexibility index (Phi) is 7.14. The van der Waals surface area contributed by atoms with Crippen molar-refractivity contribution in [2.75, 3.05) is 18.5 Å². The number of nitrogens with one attached hydrogen (secondary N) is 2. The summed E-state index contributed by atoms with van der Waals surface area (Å²) in [5.41, 5.74) is 10.8. The summed E-state index contributed by atoms with van der Waals surface area (Å²) in [6, 6.07) is 13.3. The van der Waals surface area contributed by atoms with Gasteiger partial charge in [-0.1, -0.05) is 13.0 Å². The molecule has 6 heteroatoms. The predicted molar refractivity (Wildman–Crippen MR) is 119 cm³/mol. The standard InChI is InChI=1S/C23H29N5O/c1-3-19-17(15-27-21-7-5-6-14-26-21)10-13-20(22(19)29-4-2)28-18-11-8-16(9-12-18)23(24)25/h5-9,11-12,14,22H,3-4,10,13,15H2,1-2H3,(H3,24,25)(H,26,27). The molecule has 1 aromatic heterocycles. The first kappa shape index (κ1) is 20.7. The molecule has 0 saturated carbocycles. The quantitative estimate of drug-likeness (QED) is 0.352. The van der Waals surface area contributed by atoms with Crippen molar-refractivity contribution in [3.8, 4) is 0 Å². The Labute approximate surface area is 172 Å². The van der Waals surface area contributed by atoms with Gasteiger partial charge in [-0.3, -0.25) is 10.4 Å². The van der Waals surface area contributed by atoms with Crippen molar-refractivity contribution in [1.29, 1.82) is 5.41 Å². The van der Waals surface area contributed by atoms with E-state index in [4.69, 9.17) is 20.9 Å². The highest BCUT2D eigenvalue weighted by Gasteiger charge is 2.27. The monoisotopic (exact) mass is 391 g/mol. The van der Waals surface area contributed by atoms with Gasteiger partial charge in [0.15, 0.2) is 0 Å². The van der Waals surface area contributed by atoms with Crippen molar-refractivity contribution >= 4 is 23.1 Å². The van der Waals surface area contributed by atoms with Gasteiger partial charge in [0.2, 0.25) is 0 Å². The van der Waals surface area contributed by atoms with Crippen LogP contribution in [0.25, 0.3) is 0 Å². The summed E-state index contributed by atoms with van der Waals surface area (Å²) in [5.74, 6) is 0.948. The number of nitrogens with two attached hydrogens (primary N) is 1. The number of nitrogens with zero attached hydrogens (tertiary/aromatic N) is 2. The topological polar surface area (TPSA) is 96.4 Å². The number of amidine groups is 1. The first-order valence-corrected chi connectivity index (χ1v) is 10.1. The van der Waals surface area contributed by atoms with Crippen LogP contribution in [-0.4, -0.2) is 35.8 Å². The maximum atomic E-state index is 7.53. The van der Waals surface area contributed by atoms with E-state index in [2.05, 4.69) is 17.2 Å². The molecule has 0 aliphatic heterocycles. The lowest BCUT2D eigenvalue weighted by Crippen LogP contribution is -2.32. The number of rotatable bonds is 8. The number of benzene rings is 1. The number of anilines is 1. The first-order chi connectivity index (χ1) is 14.1. The third kappa shape index (κ3) is 5.29. The SMILES string of the molecule is CCOC1C(=Nc2ccc(C(=N)N)cc2)CCC(CNc2ccccn2)=C1CC. The van der Waals surface area contributed by atoms with E-state index in [9.17, 15) is 0 Å². The number of pyridine rings is 1. The average molecular weight is 392 g/mol. The molecule has 2 aromatic rings. The summed E-state index contributed by atoms with van der Waals surface area (Å²) >= 11 is 0. The molecule has 1 unspecified atom stereocenters. The number of aromatic nitrogens is 1. The fourth-order valence-corrected chi connectivity index (χ4v) is 3.62. The van der Waals surface area contributed by atoms with Crippen LogP contribution in [0, 0.1) is 5.41 Å². The first-order valence-electron chi connectivity index (χ1n) is 10.1. The van der Waals surface area contributed by atoms with Gasteiger partial charge in [0.05, 0.1) is 11.4 Å². The van der Waals surface area contributed by atoms with E-state index in [1.807, 2.05) is 49.4 Å². The van der Waals surface area contributed by atoms with Gasteiger partial charge < -0.3 is 15.8 Å². The summed E-state index contributed by atoms with van der Waals surface area (Å²) < 4.78 is 6.13. The molecule has 1 atom stereocenters. The van der Waals surface area contributed by atoms with E-state index in [-0.39, 0.29) is 11.9 Å². The van der Waals surface area contributed by atoms with Crippen molar-refractivity contribution in [2.24, 2.45) is 10.7 Å². The summed E-state index contributed by atoms with van der Waals surface area (Å²) in [6.07, 6.45) is 4.45. The van der Waals surface area contributed by atoms with Gasteiger partial charge in [-0.2, -0.15) is 0 Å². The van der Waals surface area contributed by atoms with Gasteiger partial charge in [-0.25, -0.2) is 4.98 Å². The Morgan fingerprint density at radius 1 is 1.21 bits per heavy atom. The molecule has 1 aromatic carbocycles. The third-order valence-electron chi connectivity index (χ3n) is 5.07. The molecule has 0 saturated heterocycles. The molecule has 0 spiro atoms. The Morgan fingerprint density at radius 2 is 2.00 bits per heavy atom. The van der Waals surface area contributed by atoms with Gasteiger partial charge >= 0.3 is 0 Å². The number of ether oxygens (including phenoxy) is 1. The van der Waals surface area contributed by atoms with E-state index in [0.29, 0.717) is 12.2 Å². The zero-order valence-corrected chi connectivity index (χ0v) is 17.1. The van der Waals surface area contributed by atoms with Gasteiger partial charge in [0.25, 0.3) is 0 Å². The number of nitrogen functional groups attached to an aromatic ring is 1. The summed E-state index contributed by atoms with van der Waals surface area (Å²) in [6.45, 7) is 5.60. The van der Waals surface area contributed by atoms with E-state index >= 15 is 0 Å². The highest BCUT2D eigenvalue weighted by Crippen LogP contribution is 2.30. The minimum absolute atomic E-state index is 0.0651. The second-order valence-corrected chi connectivity index (χ2v) is 6.95. The van der Waals surface area contributed by atoms with Crippen LogP contribution in [-0.2, 0) is 4.74 Å². The Balaban J connectivity index is 1.83. The maximum Gasteiger partial charge on any atom is 0.126 e. The lowest BCUT2D eigenvalue weighted by molar-refractivity contribution is 0.126. The second-order valence-electron chi connectivity index (χ2n) is 6.95. The van der Waals surface area contributed by atoms with Crippen molar-refractivity contribution in [3.05, 3.63) is 65.4 Å². The molecule has 29 heavy (non-hydrogen) atoms. The van der Waals surface area contributed by atoms with Gasteiger partial charge in [-0.15, -0.1) is 0 Å². The molecule has 1 heterocycles. The Bertz CT molecular complexity index is 887. The highest BCUT2D eigenvalue weighted by atomic mass is 16.5. The molecule has 3 rings (SSSR count). The van der Waals surface area contributed by atoms with Crippen molar-refractivity contribution in [2.45, 2.75) is 39.2 Å². The smallest absolute Gasteiger partial charge is 0.126 e. The minimum Gasteiger partial charge on any atom is -0.384 e. The van der Waals surface area contributed by atoms with Crippen molar-refractivity contribution in [3.63, 3.8) is 0 Å². The largest absolute Gasteiger partial charge is 0.384 e. The molecule has 0 radical (unpaired) electrons. The Morgan fingerprint density at radius 3 is 2.62 bits per heavy atom. The maximum absolute atomic E-state index is 7.53. The van der Waals surface area contributed by atoms with Crippen molar-refractivity contribution < 1.29 is 4.74 Å². The Hall–Kier alpha value is -2.99. The van der Waals surface area contributed by atoms with Crippen LogP contribution >= 0.6 is 0 Å². The average Bonchev–Trinajstić information content (AvgIpc) is 2.75. The van der Waals surface area contributed by atoms with Gasteiger partial charge in [0, 0.05) is 24.9 Å². The van der Waals surface area contributed by atoms with Crippen molar-refractivity contribution in [1.82, 2.24) is 4.98 Å². The fourth-order valence-electron chi connectivity index (χ4n) is 3.62. The van der Waals surface area contributed by atoms with Crippen LogP contribution in [0.15, 0.2) is 64.8 Å².